The number of likely N-dealkylation sites (tertiary alicyclic amines) is 1. The van der Waals surface area contributed by atoms with E-state index in [-0.39, 0.29) is 30.4 Å². The van der Waals surface area contributed by atoms with Gasteiger partial charge in [-0.3, -0.25) is 14.5 Å². The Labute approximate surface area is 111 Å². The first kappa shape index (κ1) is 15.0. The van der Waals surface area contributed by atoms with Crippen molar-refractivity contribution < 1.29 is 19.5 Å². The molecule has 5 nitrogen and oxygen atoms in total. The maximum absolute atomic E-state index is 11.7. The van der Waals surface area contributed by atoms with Crippen LogP contribution in [0.3, 0.4) is 0 Å². The van der Waals surface area contributed by atoms with Gasteiger partial charge in [-0.25, -0.2) is 4.79 Å². The zero-order valence-corrected chi connectivity index (χ0v) is 11.4. The molecule has 0 bridgehead atoms. The first-order chi connectivity index (χ1) is 8.57. The summed E-state index contributed by atoms with van der Waals surface area (Å²) in [6.07, 6.45) is 3.14. The molecule has 18 heavy (non-hydrogen) atoms. The van der Waals surface area contributed by atoms with Crippen LogP contribution in [0, 0.1) is 0 Å². The molecule has 0 aromatic carbocycles. The number of nitrogens with zero attached hydrogens (tertiary/aromatic N) is 1. The van der Waals surface area contributed by atoms with Crippen molar-refractivity contribution in [3.05, 3.63) is 0 Å². The third-order valence-corrected chi connectivity index (χ3v) is 3.96. The normalized spacial score (nSPS) is 17.9. The molecular formula is C12H19NO4S. The summed E-state index contributed by atoms with van der Waals surface area (Å²) in [6.45, 7) is 2.06. The van der Waals surface area contributed by atoms with Crippen LogP contribution in [-0.2, 0) is 14.4 Å². The third-order valence-electron chi connectivity index (χ3n) is 2.83. The second kappa shape index (κ2) is 7.41. The Hall–Kier alpha value is -1.04. The molecule has 2 amide bonds. The molecule has 1 aliphatic rings. The number of rotatable bonds is 7. The molecule has 1 fully saturated rings. The lowest BCUT2D eigenvalue weighted by Crippen LogP contribution is -2.51. The number of carboxylic acid groups (broad SMARTS) is 1. The minimum atomic E-state index is -1.09. The van der Waals surface area contributed by atoms with E-state index in [2.05, 4.69) is 6.92 Å². The van der Waals surface area contributed by atoms with Crippen LogP contribution in [0.25, 0.3) is 0 Å². The van der Waals surface area contributed by atoms with Crippen LogP contribution in [0.1, 0.15) is 39.0 Å². The highest BCUT2D eigenvalue weighted by molar-refractivity contribution is 7.99. The van der Waals surface area contributed by atoms with E-state index >= 15 is 0 Å². The number of thioether (sulfide) groups is 1. The smallest absolute Gasteiger partial charge is 0.327 e. The summed E-state index contributed by atoms with van der Waals surface area (Å²) >= 11 is 1.49. The summed E-state index contributed by atoms with van der Waals surface area (Å²) < 4.78 is 0. The van der Waals surface area contributed by atoms with Gasteiger partial charge < -0.3 is 5.11 Å². The molecule has 1 unspecified atom stereocenters. The van der Waals surface area contributed by atoms with Gasteiger partial charge in [0, 0.05) is 18.6 Å². The van der Waals surface area contributed by atoms with E-state index in [4.69, 9.17) is 5.11 Å². The average Bonchev–Trinajstić information content (AvgIpc) is 2.31. The fourth-order valence-electron chi connectivity index (χ4n) is 1.82. The molecule has 1 atom stereocenters. The highest BCUT2D eigenvalue weighted by Gasteiger charge is 2.36. The van der Waals surface area contributed by atoms with Crippen molar-refractivity contribution in [2.45, 2.75) is 45.1 Å². The molecule has 0 saturated carbocycles. The van der Waals surface area contributed by atoms with Crippen LogP contribution >= 0.6 is 11.8 Å². The maximum Gasteiger partial charge on any atom is 0.327 e. The van der Waals surface area contributed by atoms with Gasteiger partial charge in [-0.1, -0.05) is 13.3 Å². The number of imide groups is 1. The van der Waals surface area contributed by atoms with Crippen molar-refractivity contribution in [3.8, 4) is 0 Å². The van der Waals surface area contributed by atoms with Crippen molar-refractivity contribution in [1.82, 2.24) is 4.90 Å². The number of amides is 2. The minimum absolute atomic E-state index is 0.273. The summed E-state index contributed by atoms with van der Waals surface area (Å²) in [6, 6.07) is -1.01. The van der Waals surface area contributed by atoms with Crippen LogP contribution in [0.15, 0.2) is 0 Å². The Morgan fingerprint density at radius 2 is 2.00 bits per heavy atom. The third kappa shape index (κ3) is 4.01. The quantitative estimate of drug-likeness (QED) is 0.562. The first-order valence-electron chi connectivity index (χ1n) is 6.23. The average molecular weight is 273 g/mol. The number of hydrogen-bond acceptors (Lipinski definition) is 4. The minimum Gasteiger partial charge on any atom is -0.480 e. The highest BCUT2D eigenvalue weighted by atomic mass is 32.2. The molecule has 0 aromatic heterocycles. The van der Waals surface area contributed by atoms with Gasteiger partial charge in [0.05, 0.1) is 0 Å². The number of unbranched alkanes of at least 4 members (excludes halogenated alkanes) is 1. The SMILES string of the molecule is CCCCSCC(C(=O)O)N1C(=O)CCCC1=O. The van der Waals surface area contributed by atoms with E-state index in [0.717, 1.165) is 23.5 Å². The van der Waals surface area contributed by atoms with Gasteiger partial charge in [0.25, 0.3) is 0 Å². The predicted octanol–water partition coefficient (Wildman–Crippen LogP) is 1.51. The van der Waals surface area contributed by atoms with Crippen molar-refractivity contribution in [1.29, 1.82) is 0 Å². The van der Waals surface area contributed by atoms with Crippen LogP contribution < -0.4 is 0 Å². The second-order valence-corrected chi connectivity index (χ2v) is 5.44. The molecule has 1 rings (SSSR count). The van der Waals surface area contributed by atoms with E-state index in [9.17, 15) is 14.4 Å². The monoisotopic (exact) mass is 273 g/mol. The van der Waals surface area contributed by atoms with Gasteiger partial charge in [0.15, 0.2) is 0 Å². The Kier molecular flexibility index (Phi) is 6.18. The van der Waals surface area contributed by atoms with E-state index in [1.54, 1.807) is 0 Å². The Morgan fingerprint density at radius 1 is 1.39 bits per heavy atom. The number of piperidine rings is 1. The van der Waals surface area contributed by atoms with E-state index < -0.39 is 12.0 Å². The largest absolute Gasteiger partial charge is 0.480 e. The van der Waals surface area contributed by atoms with Gasteiger partial charge in [-0.15, -0.1) is 0 Å². The van der Waals surface area contributed by atoms with E-state index in [1.807, 2.05) is 0 Å². The first-order valence-corrected chi connectivity index (χ1v) is 7.38. The molecule has 1 saturated heterocycles. The zero-order chi connectivity index (χ0) is 13.5. The number of hydrogen-bond donors (Lipinski definition) is 1. The van der Waals surface area contributed by atoms with Crippen LogP contribution in [0.4, 0.5) is 0 Å². The molecule has 1 N–H and O–H groups in total. The van der Waals surface area contributed by atoms with Crippen LogP contribution in [0.2, 0.25) is 0 Å². The van der Waals surface area contributed by atoms with Crippen molar-refractivity contribution in [2.24, 2.45) is 0 Å². The highest BCUT2D eigenvalue weighted by Crippen LogP contribution is 2.19. The molecule has 102 valence electrons. The molecule has 0 spiro atoms. The molecule has 1 heterocycles. The zero-order valence-electron chi connectivity index (χ0n) is 10.6. The topological polar surface area (TPSA) is 74.7 Å². The fraction of sp³-hybridized carbons (Fsp3) is 0.750. The van der Waals surface area contributed by atoms with Gasteiger partial charge in [0.1, 0.15) is 6.04 Å². The molecule has 0 radical (unpaired) electrons. The maximum atomic E-state index is 11.7. The van der Waals surface area contributed by atoms with Crippen LogP contribution in [0.5, 0.6) is 0 Å². The molecule has 6 heteroatoms. The van der Waals surface area contributed by atoms with Gasteiger partial charge in [-0.05, 0) is 18.6 Å². The lowest BCUT2D eigenvalue weighted by atomic mass is 10.1. The van der Waals surface area contributed by atoms with Crippen molar-refractivity contribution in [2.75, 3.05) is 11.5 Å². The fourth-order valence-corrected chi connectivity index (χ4v) is 2.99. The Balaban J connectivity index is 2.62. The van der Waals surface area contributed by atoms with Gasteiger partial charge >= 0.3 is 5.97 Å². The number of carbonyl (C=O) groups excluding carboxylic acids is 2. The summed E-state index contributed by atoms with van der Waals surface area (Å²) in [7, 11) is 0. The summed E-state index contributed by atoms with van der Waals surface area (Å²) in [5, 5.41) is 9.16. The number of carboxylic acids is 1. The molecular weight excluding hydrogens is 254 g/mol. The number of aliphatic carboxylic acids is 1. The van der Waals surface area contributed by atoms with Gasteiger partial charge in [0.2, 0.25) is 11.8 Å². The second-order valence-electron chi connectivity index (χ2n) is 4.29. The molecule has 0 aliphatic carbocycles. The summed E-state index contributed by atoms with van der Waals surface area (Å²) in [4.78, 5) is 35.5. The predicted molar refractivity (Wildman–Crippen MR) is 69.4 cm³/mol. The van der Waals surface area contributed by atoms with E-state index in [1.165, 1.54) is 11.8 Å². The molecule has 1 aliphatic heterocycles. The van der Waals surface area contributed by atoms with Crippen molar-refractivity contribution >= 4 is 29.5 Å². The summed E-state index contributed by atoms with van der Waals surface area (Å²) in [5.74, 6) is -0.657. The van der Waals surface area contributed by atoms with Crippen LogP contribution in [-0.4, -0.2) is 45.3 Å². The Bertz CT molecular complexity index is 316. The number of carbonyl (C=O) groups is 3. The summed E-state index contributed by atoms with van der Waals surface area (Å²) in [5.41, 5.74) is 0. The standard InChI is InChI=1S/C12H19NO4S/c1-2-3-7-18-8-9(12(16)17)13-10(14)5-4-6-11(13)15/h9H,2-8H2,1H3,(H,16,17). The van der Waals surface area contributed by atoms with E-state index in [0.29, 0.717) is 6.42 Å². The lowest BCUT2D eigenvalue weighted by molar-refractivity contribution is -0.159. The Morgan fingerprint density at radius 3 is 2.50 bits per heavy atom. The lowest BCUT2D eigenvalue weighted by Gasteiger charge is -2.30. The van der Waals surface area contributed by atoms with Crippen molar-refractivity contribution in [3.63, 3.8) is 0 Å². The van der Waals surface area contributed by atoms with Gasteiger partial charge in [-0.2, -0.15) is 11.8 Å². The molecule has 0 aromatic rings.